The number of ether oxygens (including phenoxy) is 1. The van der Waals surface area contributed by atoms with Crippen molar-refractivity contribution in [1.82, 2.24) is 15.0 Å². The van der Waals surface area contributed by atoms with E-state index in [-0.39, 0.29) is 10.8 Å². The van der Waals surface area contributed by atoms with Crippen LogP contribution in [-0.4, -0.2) is 38.2 Å². The van der Waals surface area contributed by atoms with Crippen molar-refractivity contribution in [2.75, 3.05) is 11.9 Å². The summed E-state index contributed by atoms with van der Waals surface area (Å²) in [5, 5.41) is 14.1. The highest BCUT2D eigenvalue weighted by Gasteiger charge is 2.39. The van der Waals surface area contributed by atoms with Crippen molar-refractivity contribution in [3.8, 4) is 5.75 Å². The number of ketones is 1. The lowest BCUT2D eigenvalue weighted by Crippen LogP contribution is -2.33. The third kappa shape index (κ3) is 4.16. The van der Waals surface area contributed by atoms with Crippen molar-refractivity contribution in [3.63, 3.8) is 0 Å². The number of fused-ring (bicyclic) bond motifs is 2. The average molecular weight is 437 g/mol. The van der Waals surface area contributed by atoms with Crippen molar-refractivity contribution in [2.24, 2.45) is 0 Å². The predicted molar refractivity (Wildman–Crippen MR) is 114 cm³/mol. The van der Waals surface area contributed by atoms with Crippen LogP contribution < -0.4 is 10.1 Å². The Bertz CT molecular complexity index is 1320. The Labute approximate surface area is 179 Å². The highest BCUT2D eigenvalue weighted by molar-refractivity contribution is 7.22. The third-order valence-electron chi connectivity index (χ3n) is 4.32. The monoisotopic (exact) mass is 437 g/mol. The van der Waals surface area contributed by atoms with Crippen LogP contribution >= 0.6 is 11.3 Å². The van der Waals surface area contributed by atoms with Gasteiger partial charge in [0.25, 0.3) is 5.78 Å². The molecular formula is C20H15N5O5S. The second-order valence-corrected chi connectivity index (χ2v) is 7.40. The van der Waals surface area contributed by atoms with Gasteiger partial charge in [-0.05, 0) is 37.3 Å². The molecule has 11 heteroatoms. The molecule has 0 bridgehead atoms. The van der Waals surface area contributed by atoms with Gasteiger partial charge in [0.05, 0.1) is 34.1 Å². The van der Waals surface area contributed by atoms with E-state index in [1.165, 1.54) is 0 Å². The molecule has 0 fully saturated rings. The molecule has 1 N–H and O–H groups in total. The molecule has 0 aliphatic rings. The summed E-state index contributed by atoms with van der Waals surface area (Å²) in [5.74, 6) is -1.76. The van der Waals surface area contributed by atoms with Crippen LogP contribution in [0.5, 0.6) is 5.75 Å². The van der Waals surface area contributed by atoms with E-state index in [1.54, 1.807) is 42.5 Å². The quantitative estimate of drug-likeness (QED) is 0.264. The number of Topliss-reactive ketones (excluding diaryl/α,β-unsaturated/α-hetero) is 1. The Morgan fingerprint density at radius 2 is 1.94 bits per heavy atom. The number of aromatic nitrogens is 3. The number of hydrogen-bond acceptors (Lipinski definition) is 9. The molecule has 4 rings (SSSR count). The van der Waals surface area contributed by atoms with Gasteiger partial charge in [0.1, 0.15) is 11.4 Å². The summed E-state index contributed by atoms with van der Waals surface area (Å²) in [5.41, 5.74) is 1.29. The van der Waals surface area contributed by atoms with Gasteiger partial charge in [-0.15, -0.1) is 0 Å². The second-order valence-electron chi connectivity index (χ2n) is 6.37. The van der Waals surface area contributed by atoms with Gasteiger partial charge in [-0.25, -0.2) is 9.97 Å². The Kier molecular flexibility index (Phi) is 5.50. The number of para-hydroxylation sites is 2. The van der Waals surface area contributed by atoms with Crippen molar-refractivity contribution < 1.29 is 19.2 Å². The van der Waals surface area contributed by atoms with E-state index in [9.17, 15) is 19.7 Å². The second kappa shape index (κ2) is 8.40. The molecule has 4 aromatic rings. The van der Waals surface area contributed by atoms with E-state index < -0.39 is 22.7 Å². The van der Waals surface area contributed by atoms with Gasteiger partial charge in [-0.1, -0.05) is 23.5 Å². The number of nitrogens with zero attached hydrogens (tertiary/aromatic N) is 4. The van der Waals surface area contributed by atoms with Crippen LogP contribution in [0, 0.1) is 10.1 Å². The number of nitro groups is 1. The van der Waals surface area contributed by atoms with Crippen LogP contribution in [-0.2, 0) is 9.59 Å². The van der Waals surface area contributed by atoms with Crippen LogP contribution in [0.3, 0.4) is 0 Å². The first kappa shape index (κ1) is 20.3. The third-order valence-corrected chi connectivity index (χ3v) is 5.26. The van der Waals surface area contributed by atoms with Crippen LogP contribution in [0.25, 0.3) is 21.3 Å². The number of thiazole rings is 1. The minimum Gasteiger partial charge on any atom is -0.494 e. The lowest BCUT2D eigenvalue weighted by Gasteiger charge is -2.08. The largest absolute Gasteiger partial charge is 0.494 e. The Hall–Kier alpha value is -3.99. The van der Waals surface area contributed by atoms with Gasteiger partial charge in [0, 0.05) is 4.92 Å². The number of hydrogen-bond donors (Lipinski definition) is 1. The number of carbonyl (C=O) groups is 2. The summed E-state index contributed by atoms with van der Waals surface area (Å²) < 4.78 is 6.17. The minimum atomic E-state index is -1.98. The van der Waals surface area contributed by atoms with Gasteiger partial charge >= 0.3 is 11.9 Å². The van der Waals surface area contributed by atoms with Crippen LogP contribution in [0.1, 0.15) is 18.7 Å². The zero-order valence-electron chi connectivity index (χ0n) is 16.1. The first-order valence-electron chi connectivity index (χ1n) is 9.20. The van der Waals surface area contributed by atoms with E-state index >= 15 is 0 Å². The predicted octanol–water partition coefficient (Wildman–Crippen LogP) is 3.16. The van der Waals surface area contributed by atoms with Gasteiger partial charge in [0.2, 0.25) is 0 Å². The van der Waals surface area contributed by atoms with Crippen molar-refractivity contribution >= 4 is 49.4 Å². The number of nitrogens with one attached hydrogen (secondary N) is 1. The van der Waals surface area contributed by atoms with Gasteiger partial charge < -0.3 is 4.74 Å². The van der Waals surface area contributed by atoms with E-state index in [0.29, 0.717) is 28.9 Å². The van der Waals surface area contributed by atoms with Crippen LogP contribution in [0.15, 0.2) is 48.7 Å². The number of amides is 1. The molecule has 0 saturated heterocycles. The molecule has 0 saturated carbocycles. The summed E-state index contributed by atoms with van der Waals surface area (Å²) >= 11 is 1.13. The molecule has 2 heterocycles. The molecule has 0 aliphatic heterocycles. The summed E-state index contributed by atoms with van der Waals surface area (Å²) in [6.07, 6.45) is 1.13. The van der Waals surface area contributed by atoms with Crippen LogP contribution in [0.4, 0.5) is 5.13 Å². The summed E-state index contributed by atoms with van der Waals surface area (Å²) in [6, 6.07) is 9.99. The van der Waals surface area contributed by atoms with Crippen molar-refractivity contribution in [1.29, 1.82) is 0 Å². The summed E-state index contributed by atoms with van der Waals surface area (Å²) in [6.45, 7) is 2.36. The highest BCUT2D eigenvalue weighted by Crippen LogP contribution is 2.29. The topological polar surface area (TPSA) is 137 Å². The minimum absolute atomic E-state index is 0.147. The number of benzene rings is 2. The molecule has 10 nitrogen and oxygen atoms in total. The zero-order valence-corrected chi connectivity index (χ0v) is 17.0. The molecule has 31 heavy (non-hydrogen) atoms. The number of rotatable bonds is 7. The average Bonchev–Trinajstić information content (AvgIpc) is 3.15. The fourth-order valence-electron chi connectivity index (χ4n) is 2.94. The molecule has 1 unspecified atom stereocenters. The molecular weight excluding hydrogens is 422 g/mol. The van der Waals surface area contributed by atoms with Crippen LogP contribution in [0.2, 0.25) is 0 Å². The summed E-state index contributed by atoms with van der Waals surface area (Å²) in [7, 11) is 0. The molecule has 0 spiro atoms. The maximum atomic E-state index is 12.6. The smallest absolute Gasteiger partial charge is 0.322 e. The lowest BCUT2D eigenvalue weighted by molar-refractivity contribution is -0.513. The zero-order chi connectivity index (χ0) is 22.0. The summed E-state index contributed by atoms with van der Waals surface area (Å²) in [4.78, 5) is 48.3. The van der Waals surface area contributed by atoms with E-state index in [1.807, 2.05) is 6.92 Å². The molecule has 1 amide bonds. The molecule has 2 aromatic carbocycles. The molecule has 2 aromatic heterocycles. The normalized spacial score (nSPS) is 11.9. The van der Waals surface area contributed by atoms with E-state index in [2.05, 4.69) is 20.3 Å². The first-order chi connectivity index (χ1) is 15.0. The first-order valence-corrected chi connectivity index (χ1v) is 10.0. The lowest BCUT2D eigenvalue weighted by atomic mass is 10.1. The number of anilines is 1. The fraction of sp³-hybridized carbons (Fsp3) is 0.150. The Morgan fingerprint density at radius 1 is 1.16 bits per heavy atom. The Balaban J connectivity index is 1.58. The van der Waals surface area contributed by atoms with Gasteiger partial charge in [-0.2, -0.15) is 0 Å². The SMILES string of the molecule is CCOc1ccc2nc(NC(=O)C(=O)C(c3cnc4ccccc4n3)[N+](=O)[O-])sc2c1. The van der Waals surface area contributed by atoms with Crippen molar-refractivity contribution in [3.05, 3.63) is 64.5 Å². The Morgan fingerprint density at radius 3 is 2.68 bits per heavy atom. The molecule has 0 radical (unpaired) electrons. The maximum Gasteiger partial charge on any atom is 0.322 e. The van der Waals surface area contributed by atoms with Gasteiger partial charge in [0.15, 0.2) is 5.13 Å². The van der Waals surface area contributed by atoms with E-state index in [0.717, 1.165) is 22.2 Å². The molecule has 1 atom stereocenters. The fourth-order valence-corrected chi connectivity index (χ4v) is 3.83. The van der Waals surface area contributed by atoms with Gasteiger partial charge in [-0.3, -0.25) is 30.0 Å². The molecule has 0 aliphatic carbocycles. The maximum absolute atomic E-state index is 12.6. The van der Waals surface area contributed by atoms with E-state index in [4.69, 9.17) is 4.74 Å². The molecule has 156 valence electrons. The highest BCUT2D eigenvalue weighted by atomic mass is 32.1. The van der Waals surface area contributed by atoms with Crippen molar-refractivity contribution in [2.45, 2.75) is 13.0 Å². The standard InChI is InChI=1S/C20H15N5O5S/c1-2-30-11-7-8-14-16(9-11)31-20(23-14)24-19(27)18(26)17(25(28)29)15-10-21-12-5-3-4-6-13(12)22-15/h3-10,17H,2H2,1H3,(H,23,24,27). The number of carbonyl (C=O) groups excluding carboxylic acids is 2.